The molecule has 24 nitrogen and oxygen atoms in total. The first kappa shape index (κ1) is 62.2. The van der Waals surface area contributed by atoms with Crippen LogP contribution >= 0.6 is 0 Å². The van der Waals surface area contributed by atoms with E-state index in [0.29, 0.717) is 37.7 Å². The molecule has 3 saturated heterocycles. The van der Waals surface area contributed by atoms with E-state index in [0.717, 1.165) is 5.57 Å². The Bertz CT molecular complexity index is 2290. The summed E-state index contributed by atoms with van der Waals surface area (Å²) < 4.78 is 48.2. The van der Waals surface area contributed by atoms with Crippen LogP contribution in [0.2, 0.25) is 0 Å². The van der Waals surface area contributed by atoms with Gasteiger partial charge in [-0.15, -0.1) is 0 Å². The van der Waals surface area contributed by atoms with Gasteiger partial charge in [0, 0.05) is 23.3 Å². The first-order valence-corrected chi connectivity index (χ1v) is 27.7. The van der Waals surface area contributed by atoms with E-state index in [9.17, 15) is 80.8 Å². The molecule has 0 amide bonds. The fourth-order valence-electron chi connectivity index (χ4n) is 16.2. The summed E-state index contributed by atoms with van der Waals surface area (Å²) in [7, 11) is 0. The van der Waals surface area contributed by atoms with Crippen molar-refractivity contribution in [1.29, 1.82) is 0 Å². The third-order valence-electron chi connectivity index (χ3n) is 21.1. The number of aliphatic carboxylic acids is 1. The number of hydrogen-bond donors (Lipinski definition) is 13. The Morgan fingerprint density at radius 2 is 1.24 bits per heavy atom. The number of aliphatic hydroxyl groups excluding tert-OH is 12. The van der Waals surface area contributed by atoms with E-state index in [1.165, 1.54) is 6.92 Å². The topological polar surface area (TPSA) is 388 Å². The lowest BCUT2D eigenvalue weighted by atomic mass is 9.33. The second-order valence-corrected chi connectivity index (χ2v) is 25.5. The zero-order valence-electron chi connectivity index (χ0n) is 46.4. The van der Waals surface area contributed by atoms with Gasteiger partial charge in [0.1, 0.15) is 79.4 Å². The van der Waals surface area contributed by atoms with E-state index in [-0.39, 0.29) is 24.7 Å². The highest BCUT2D eigenvalue weighted by Gasteiger charge is 2.74. The molecule has 5 aliphatic carbocycles. The van der Waals surface area contributed by atoms with Gasteiger partial charge in [0.25, 0.3) is 0 Å². The van der Waals surface area contributed by atoms with Crippen molar-refractivity contribution in [1.82, 2.24) is 0 Å². The average Bonchev–Trinajstić information content (AvgIpc) is 3.29. The van der Waals surface area contributed by atoms with Crippen molar-refractivity contribution in [3.63, 3.8) is 0 Å². The van der Waals surface area contributed by atoms with Crippen LogP contribution in [0.25, 0.3) is 0 Å². The Kier molecular flexibility index (Phi) is 17.8. The van der Waals surface area contributed by atoms with Gasteiger partial charge in [-0.05, 0) is 92.8 Å². The SMILES string of the molecule is C/C=C(\C)C(=O)O[C@H]1[C@@H](OC(C)=O)[C@]2(CO)[C@@H](O)C[C@]3(C)C(=CC[C@@H]4[C@@]5(C)CC[C@H](O[C@H]6O[C@H](C(=O)O)[C@@H](O[C@@H]7O[C@@H](CO)[C@@H](O)[C@H](O)[C@H]7O)[C@H](O)[C@@H]6O[C@@H]6O[C@H](CO)[C@@H](O)[C@H](O)[C@@H]6O)[C@](C)(CO)[C@@H]5CC[C@]43C)[C@@H]2CC1(C)C. The predicted molar refractivity (Wildman–Crippen MR) is 269 cm³/mol. The fourth-order valence-corrected chi connectivity index (χ4v) is 16.2. The van der Waals surface area contributed by atoms with Crippen molar-refractivity contribution < 1.29 is 119 Å². The van der Waals surface area contributed by atoms with Gasteiger partial charge in [0.2, 0.25) is 0 Å². The van der Waals surface area contributed by atoms with Crippen molar-refractivity contribution in [2.24, 2.45) is 50.2 Å². The van der Waals surface area contributed by atoms with Crippen molar-refractivity contribution in [3.8, 4) is 0 Å². The molecule has 24 heteroatoms. The van der Waals surface area contributed by atoms with Crippen LogP contribution in [0.1, 0.15) is 107 Å². The number of ether oxygens (including phenoxy) is 8. The Morgan fingerprint density at radius 3 is 1.76 bits per heavy atom. The van der Waals surface area contributed by atoms with Gasteiger partial charge in [-0.3, -0.25) is 4.79 Å². The second kappa shape index (κ2) is 22.6. The van der Waals surface area contributed by atoms with Crippen LogP contribution in [-0.2, 0) is 52.3 Å². The Morgan fingerprint density at radius 1 is 0.658 bits per heavy atom. The predicted octanol–water partition coefficient (Wildman–Crippen LogP) is -1.32. The molecule has 0 radical (unpaired) electrons. The molecule has 0 spiro atoms. The van der Waals surface area contributed by atoms with Crippen LogP contribution in [0.15, 0.2) is 23.3 Å². The lowest BCUT2D eigenvalue weighted by Gasteiger charge is -2.72. The van der Waals surface area contributed by atoms with Gasteiger partial charge in [-0.25, -0.2) is 9.59 Å². The minimum atomic E-state index is -2.18. The lowest BCUT2D eigenvalue weighted by molar-refractivity contribution is -0.392. The largest absolute Gasteiger partial charge is 0.479 e. The van der Waals surface area contributed by atoms with Crippen LogP contribution < -0.4 is 0 Å². The van der Waals surface area contributed by atoms with Crippen molar-refractivity contribution in [3.05, 3.63) is 23.3 Å². The van der Waals surface area contributed by atoms with E-state index >= 15 is 0 Å². The maximum atomic E-state index is 13.4. The van der Waals surface area contributed by atoms with E-state index in [1.807, 2.05) is 20.8 Å². The standard InChI is InChI=1S/C55H86O24/c1-10-23(2)46(71)79-43-44(72-24(3)60)55(22-59)26(17-50(43,4)5)25-11-12-30-51(6)15-14-32(52(7,21-58)29(51)13-16-53(30,8)54(25,9)18-31(55)61)75-49-41(77-48-38(67)36(65)34(63)28(20-57)74-48)39(68)40(42(78-49)45(69)70)76-47-37(66)35(64)33(62)27(19-56)73-47/h10-11,26-44,47-49,56-59,61-68H,12-22H2,1-9H3,(H,69,70)/b23-10+/t26-,27-,28+,29+,30+,31-,32-,33+,34+,35-,36-,37+,38-,39-,40-,41-,42-,43-,44+,47-,48-,49-,51-,52+,53+,54+,55-/m0/s1. The molecule has 27 atom stereocenters. The zero-order valence-corrected chi connectivity index (χ0v) is 46.4. The molecule has 13 N–H and O–H groups in total. The number of aliphatic hydroxyl groups is 12. The highest BCUT2D eigenvalue weighted by atomic mass is 16.8. The Hall–Kier alpha value is -2.83. The number of carboxylic acid groups (broad SMARTS) is 1. The summed E-state index contributed by atoms with van der Waals surface area (Å²) in [6.45, 7) is 14.1. The molecule has 79 heavy (non-hydrogen) atoms. The number of carbonyl (C=O) groups is 3. The summed E-state index contributed by atoms with van der Waals surface area (Å²) in [5, 5.41) is 143. The molecule has 3 aliphatic heterocycles. The molecular weight excluding hydrogens is 1040 g/mol. The summed E-state index contributed by atoms with van der Waals surface area (Å²) in [4.78, 5) is 39.5. The minimum absolute atomic E-state index is 0.0849. The van der Waals surface area contributed by atoms with Crippen molar-refractivity contribution >= 4 is 17.9 Å². The molecule has 0 aromatic rings. The average molecular weight is 1130 g/mol. The zero-order chi connectivity index (χ0) is 58.4. The van der Waals surface area contributed by atoms with Crippen LogP contribution in [0.3, 0.4) is 0 Å². The normalized spacial score (nSPS) is 50.6. The number of allylic oxidation sites excluding steroid dienone is 3. The number of carbonyl (C=O) groups excluding carboxylic acids is 2. The van der Waals surface area contributed by atoms with E-state index < -0.39 is 199 Å². The Labute approximate surface area is 459 Å². The minimum Gasteiger partial charge on any atom is -0.479 e. The molecule has 0 aromatic heterocycles. The number of rotatable bonds is 14. The third kappa shape index (κ3) is 9.94. The van der Waals surface area contributed by atoms with E-state index in [2.05, 4.69) is 26.8 Å². The van der Waals surface area contributed by atoms with Gasteiger partial charge in [0.15, 0.2) is 25.0 Å². The van der Waals surface area contributed by atoms with E-state index in [1.54, 1.807) is 19.9 Å². The van der Waals surface area contributed by atoms with Gasteiger partial charge in [-0.1, -0.05) is 59.3 Å². The van der Waals surface area contributed by atoms with Gasteiger partial charge in [-0.2, -0.15) is 0 Å². The third-order valence-corrected chi connectivity index (χ3v) is 21.1. The van der Waals surface area contributed by atoms with Crippen LogP contribution in [-0.4, -0.2) is 227 Å². The molecule has 8 rings (SSSR count). The van der Waals surface area contributed by atoms with Crippen molar-refractivity contribution in [2.75, 3.05) is 26.4 Å². The molecule has 0 aromatic carbocycles. The number of hydrogen-bond acceptors (Lipinski definition) is 23. The lowest BCUT2D eigenvalue weighted by Crippen LogP contribution is -2.72. The van der Waals surface area contributed by atoms with Crippen molar-refractivity contribution in [2.45, 2.75) is 224 Å². The molecule has 4 saturated carbocycles. The molecular formula is C55H86O24. The number of fused-ring (bicyclic) bond motifs is 7. The first-order chi connectivity index (χ1) is 36.9. The molecule has 8 aliphatic rings. The molecule has 0 bridgehead atoms. The highest BCUT2D eigenvalue weighted by molar-refractivity contribution is 5.87. The summed E-state index contributed by atoms with van der Waals surface area (Å²) >= 11 is 0. The first-order valence-electron chi connectivity index (χ1n) is 27.7. The second-order valence-electron chi connectivity index (χ2n) is 25.5. The highest BCUT2D eigenvalue weighted by Crippen LogP contribution is 2.76. The molecule has 7 fully saturated rings. The number of carboxylic acids is 1. The van der Waals surface area contributed by atoms with E-state index in [4.69, 9.17) is 37.9 Å². The summed E-state index contributed by atoms with van der Waals surface area (Å²) in [6, 6.07) is 0. The fraction of sp³-hybridized carbons (Fsp3) is 0.873. The molecule has 450 valence electrons. The van der Waals surface area contributed by atoms with Crippen LogP contribution in [0, 0.1) is 50.2 Å². The van der Waals surface area contributed by atoms with Crippen LogP contribution in [0.4, 0.5) is 0 Å². The maximum Gasteiger partial charge on any atom is 0.335 e. The Balaban J connectivity index is 1.12. The number of esters is 2. The van der Waals surface area contributed by atoms with Gasteiger partial charge < -0.3 is 104 Å². The molecule has 0 unspecified atom stereocenters. The van der Waals surface area contributed by atoms with Crippen LogP contribution in [0.5, 0.6) is 0 Å². The maximum absolute atomic E-state index is 13.4. The quantitative estimate of drug-likeness (QED) is 0.0415. The van der Waals surface area contributed by atoms with Gasteiger partial charge >= 0.3 is 17.9 Å². The smallest absolute Gasteiger partial charge is 0.335 e. The van der Waals surface area contributed by atoms with Gasteiger partial charge in [0.05, 0.1) is 44.1 Å². The summed E-state index contributed by atoms with van der Waals surface area (Å²) in [5.41, 5.74) is -3.78. The summed E-state index contributed by atoms with van der Waals surface area (Å²) in [6.07, 6.45) is -26.5. The summed E-state index contributed by atoms with van der Waals surface area (Å²) in [5.74, 6) is -3.88. The molecule has 3 heterocycles. The monoisotopic (exact) mass is 1130 g/mol.